The lowest BCUT2D eigenvalue weighted by molar-refractivity contribution is -0.117. The summed E-state index contributed by atoms with van der Waals surface area (Å²) in [5, 5.41) is 3.86. The summed E-state index contributed by atoms with van der Waals surface area (Å²) in [6, 6.07) is 19.3. The molecule has 2 atom stereocenters. The molecule has 0 saturated heterocycles. The number of ketones is 1. The number of rotatable bonds is 7. The summed E-state index contributed by atoms with van der Waals surface area (Å²) < 4.78 is -1.29. The second kappa shape index (κ2) is 9.96. The summed E-state index contributed by atoms with van der Waals surface area (Å²) >= 11 is 31.2. The van der Waals surface area contributed by atoms with Crippen LogP contribution in [-0.2, 0) is 4.79 Å². The smallest absolute Gasteiger partial charge is 0.231 e. The van der Waals surface area contributed by atoms with Crippen molar-refractivity contribution in [3.63, 3.8) is 0 Å². The highest BCUT2D eigenvalue weighted by Gasteiger charge is 2.67. The number of hydrogen-bond acceptors (Lipinski definition) is 3. The number of para-hydroxylation sites is 1. The maximum Gasteiger partial charge on any atom is 0.231 e. The predicted octanol–water partition coefficient (Wildman–Crippen LogP) is 7.49. The van der Waals surface area contributed by atoms with Crippen molar-refractivity contribution < 1.29 is 9.59 Å². The van der Waals surface area contributed by atoms with E-state index in [1.54, 1.807) is 36.4 Å². The van der Waals surface area contributed by atoms with Crippen molar-refractivity contribution in [2.45, 2.75) is 10.3 Å². The molecule has 0 aliphatic heterocycles. The zero-order valence-electron chi connectivity index (χ0n) is 17.9. The summed E-state index contributed by atoms with van der Waals surface area (Å²) in [7, 11) is 1.82. The lowest BCUT2D eigenvalue weighted by Gasteiger charge is -2.19. The molecule has 1 aliphatic carbocycles. The summed E-state index contributed by atoms with van der Waals surface area (Å²) in [6.45, 7) is 0.121. The Morgan fingerprint density at radius 2 is 1.59 bits per heavy atom. The highest BCUT2D eigenvalue weighted by atomic mass is 35.5. The quantitative estimate of drug-likeness (QED) is 0.242. The van der Waals surface area contributed by atoms with Crippen LogP contribution in [0.2, 0.25) is 15.1 Å². The molecule has 0 unspecified atom stereocenters. The molecule has 1 aliphatic rings. The summed E-state index contributed by atoms with van der Waals surface area (Å²) in [4.78, 5) is 27.7. The van der Waals surface area contributed by atoms with E-state index in [1.807, 2.05) is 42.3 Å². The van der Waals surface area contributed by atoms with E-state index in [1.165, 1.54) is 0 Å². The minimum atomic E-state index is -1.29. The van der Waals surface area contributed by atoms with Crippen LogP contribution in [0, 0.1) is 5.92 Å². The number of nitrogens with one attached hydrogen (secondary N) is 1. The largest absolute Gasteiger partial charge is 0.367 e. The molecule has 4 rings (SSSR count). The minimum Gasteiger partial charge on any atom is -0.367 e. The van der Waals surface area contributed by atoms with Crippen molar-refractivity contribution in [1.29, 1.82) is 0 Å². The van der Waals surface area contributed by atoms with Gasteiger partial charge in [0.2, 0.25) is 5.91 Å². The number of hydrogen-bond donors (Lipinski definition) is 1. The first kappa shape index (κ1) is 25.2. The van der Waals surface area contributed by atoms with Crippen LogP contribution in [0.1, 0.15) is 21.8 Å². The fourth-order valence-corrected chi connectivity index (χ4v) is 5.24. The lowest BCUT2D eigenvalue weighted by atomic mass is 10.1. The van der Waals surface area contributed by atoms with E-state index in [4.69, 9.17) is 58.0 Å². The van der Waals surface area contributed by atoms with Gasteiger partial charge in [0.05, 0.1) is 27.5 Å². The highest BCUT2D eigenvalue weighted by molar-refractivity contribution is 6.53. The Balaban J connectivity index is 1.48. The molecule has 1 saturated carbocycles. The molecule has 1 fully saturated rings. The molecule has 0 heterocycles. The van der Waals surface area contributed by atoms with Crippen LogP contribution in [0.4, 0.5) is 11.4 Å². The first-order chi connectivity index (χ1) is 16.1. The number of alkyl halides is 2. The van der Waals surface area contributed by atoms with Gasteiger partial charge < -0.3 is 10.2 Å². The number of likely N-dealkylation sites (N-methyl/N-ethyl adjacent to an activating group) is 1. The monoisotopic (exact) mass is 554 g/mol. The van der Waals surface area contributed by atoms with Gasteiger partial charge in [-0.2, -0.15) is 0 Å². The fraction of sp³-hybridized carbons (Fsp3) is 0.200. The van der Waals surface area contributed by atoms with Crippen LogP contribution in [0.25, 0.3) is 0 Å². The van der Waals surface area contributed by atoms with Crippen LogP contribution in [0.5, 0.6) is 0 Å². The van der Waals surface area contributed by atoms with Crippen LogP contribution in [0.15, 0.2) is 66.7 Å². The zero-order chi connectivity index (χ0) is 24.6. The van der Waals surface area contributed by atoms with E-state index in [-0.39, 0.29) is 18.2 Å². The van der Waals surface area contributed by atoms with Gasteiger partial charge in [0.1, 0.15) is 4.33 Å². The van der Waals surface area contributed by atoms with Crippen LogP contribution < -0.4 is 10.2 Å². The third-order valence-corrected chi connectivity index (χ3v) is 7.76. The molecule has 0 radical (unpaired) electrons. The Hall–Kier alpha value is -1.95. The predicted molar refractivity (Wildman–Crippen MR) is 141 cm³/mol. The van der Waals surface area contributed by atoms with Gasteiger partial charge in [-0.1, -0.05) is 59.1 Å². The molecule has 4 nitrogen and oxygen atoms in total. The van der Waals surface area contributed by atoms with Crippen molar-refractivity contribution in [2.75, 3.05) is 23.8 Å². The van der Waals surface area contributed by atoms with Crippen LogP contribution in [0.3, 0.4) is 0 Å². The van der Waals surface area contributed by atoms with Crippen molar-refractivity contribution in [3.8, 4) is 0 Å². The first-order valence-electron chi connectivity index (χ1n) is 10.3. The number of Topliss-reactive ketones (excluding diaryl/α,β-unsaturated/α-hetero) is 1. The number of carbonyl (C=O) groups excluding carboxylic acids is 2. The molecular formula is C25H19Cl5N2O2. The number of halogens is 5. The number of carbonyl (C=O) groups is 2. The Morgan fingerprint density at radius 1 is 0.912 bits per heavy atom. The minimum absolute atomic E-state index is 0.121. The van der Waals surface area contributed by atoms with Gasteiger partial charge in [-0.3, -0.25) is 9.59 Å². The standard InChI is InChI=1S/C25H19Cl5N2O2/c1-32(16-5-3-2-4-6-16)13-21(33)17-12-15(8-10-18(17)26)31-24(34)23-22(25(23,29)30)14-7-9-19(27)20(28)11-14/h2-12,22-23H,13H2,1H3,(H,31,34)/t22-,23+/m0/s1. The molecule has 1 N–H and O–H groups in total. The van der Waals surface area contributed by atoms with Gasteiger partial charge in [0.15, 0.2) is 5.78 Å². The average Bonchev–Trinajstić information content (AvgIpc) is 3.39. The maximum absolute atomic E-state index is 13.0. The summed E-state index contributed by atoms with van der Waals surface area (Å²) in [5.74, 6) is -1.70. The third kappa shape index (κ3) is 5.17. The van der Waals surface area contributed by atoms with Crippen LogP contribution >= 0.6 is 58.0 Å². The molecular weight excluding hydrogens is 538 g/mol. The van der Waals surface area contributed by atoms with Crippen LogP contribution in [-0.4, -0.2) is 29.6 Å². The van der Waals surface area contributed by atoms with Crippen molar-refractivity contribution in [2.24, 2.45) is 5.92 Å². The molecule has 0 spiro atoms. The maximum atomic E-state index is 13.0. The molecule has 34 heavy (non-hydrogen) atoms. The average molecular weight is 557 g/mol. The summed E-state index contributed by atoms with van der Waals surface area (Å²) in [6.07, 6.45) is 0. The molecule has 9 heteroatoms. The second-order valence-electron chi connectivity index (χ2n) is 8.10. The first-order valence-corrected chi connectivity index (χ1v) is 12.2. The fourth-order valence-electron chi connectivity index (χ4n) is 3.88. The van der Waals surface area contributed by atoms with E-state index < -0.39 is 16.2 Å². The van der Waals surface area contributed by atoms with Gasteiger partial charge >= 0.3 is 0 Å². The normalized spacial score (nSPS) is 18.3. The van der Waals surface area contributed by atoms with E-state index in [0.29, 0.717) is 26.3 Å². The molecule has 0 bridgehead atoms. The zero-order valence-corrected chi connectivity index (χ0v) is 21.6. The third-order valence-electron chi connectivity index (χ3n) is 5.75. The van der Waals surface area contributed by atoms with E-state index in [9.17, 15) is 9.59 Å². The SMILES string of the molecule is CN(CC(=O)c1cc(NC(=O)[C@H]2[C@H](c3ccc(Cl)c(Cl)c3)C2(Cl)Cl)ccc1Cl)c1ccccc1. The molecule has 3 aromatic rings. The molecule has 3 aromatic carbocycles. The topological polar surface area (TPSA) is 49.4 Å². The highest BCUT2D eigenvalue weighted by Crippen LogP contribution is 2.65. The van der Waals surface area contributed by atoms with E-state index >= 15 is 0 Å². The van der Waals surface area contributed by atoms with Gasteiger partial charge in [0.25, 0.3) is 0 Å². The lowest BCUT2D eigenvalue weighted by Crippen LogP contribution is -2.26. The number of nitrogens with zero attached hydrogens (tertiary/aromatic N) is 1. The Morgan fingerprint density at radius 3 is 2.26 bits per heavy atom. The number of anilines is 2. The van der Waals surface area contributed by atoms with Gasteiger partial charge in [-0.15, -0.1) is 23.2 Å². The number of amides is 1. The van der Waals surface area contributed by atoms with E-state index in [0.717, 1.165) is 11.3 Å². The van der Waals surface area contributed by atoms with Gasteiger partial charge in [0, 0.05) is 29.9 Å². The van der Waals surface area contributed by atoms with Gasteiger partial charge in [-0.05, 0) is 48.0 Å². The van der Waals surface area contributed by atoms with Crippen molar-refractivity contribution in [1.82, 2.24) is 0 Å². The van der Waals surface area contributed by atoms with Gasteiger partial charge in [-0.25, -0.2) is 0 Å². The molecule has 1 amide bonds. The van der Waals surface area contributed by atoms with E-state index in [2.05, 4.69) is 5.32 Å². The second-order valence-corrected chi connectivity index (χ2v) is 10.8. The Kier molecular flexibility index (Phi) is 7.37. The van der Waals surface area contributed by atoms with Crippen molar-refractivity contribution >= 4 is 81.1 Å². The Labute approximate surface area is 222 Å². The number of benzene rings is 3. The Bertz CT molecular complexity index is 1250. The molecule has 176 valence electrons. The van der Waals surface area contributed by atoms with Crippen molar-refractivity contribution in [3.05, 3.63) is 92.9 Å². The summed E-state index contributed by atoms with van der Waals surface area (Å²) in [5.41, 5.74) is 2.35. The molecule has 0 aromatic heterocycles.